The fourth-order valence-corrected chi connectivity index (χ4v) is 0. The maximum atomic E-state index is 3.49. The summed E-state index contributed by atoms with van der Waals surface area (Å²) in [5, 5.41) is 0. The van der Waals surface area contributed by atoms with E-state index in [1.54, 1.807) is 0 Å². The predicted octanol–water partition coefficient (Wildman–Crippen LogP) is 2.46. The average Bonchev–Trinajstić information content (AvgIpc) is 1.39. The van der Waals surface area contributed by atoms with Crippen LogP contribution in [-0.4, -0.2) is 0 Å². The first-order valence-corrected chi connectivity index (χ1v) is 2.41. The fourth-order valence-electron chi connectivity index (χ4n) is 0. The Morgan fingerprint density at radius 2 is 1.00 bits per heavy atom. The zero-order valence-corrected chi connectivity index (χ0v) is 11.9. The van der Waals surface area contributed by atoms with E-state index < -0.39 is 0 Å². The zero-order valence-electron chi connectivity index (χ0n) is 5.54. The predicted molar refractivity (Wildman–Crippen MR) is 31.3 cm³/mol. The SMILES string of the molecule is [CH2-]CC.[CH2-]CC.[Rf]. The van der Waals surface area contributed by atoms with Gasteiger partial charge in [-0.25, -0.2) is 0 Å². The number of hydrogen-bond donors (Lipinski definition) is 0. The molecule has 0 rings (SSSR count). The molecule has 0 nitrogen and oxygen atoms in total. The van der Waals surface area contributed by atoms with E-state index in [9.17, 15) is 0 Å². The summed E-state index contributed by atoms with van der Waals surface area (Å²) < 4.78 is 0. The topological polar surface area (TPSA) is 0 Å². The van der Waals surface area contributed by atoms with Gasteiger partial charge in [-0.1, -0.05) is 13.8 Å². The van der Waals surface area contributed by atoms with E-state index in [4.69, 9.17) is 0 Å². The Kier molecular flexibility index (Phi) is 190. The Hall–Kier alpha value is -1.00. The van der Waals surface area contributed by atoms with Gasteiger partial charge in [0.15, 0.2) is 0 Å². The third kappa shape index (κ3) is 45.0. The van der Waals surface area contributed by atoms with E-state index in [0.717, 1.165) is 12.8 Å². The Bertz CT molecular complexity index is 6.14. The Morgan fingerprint density at radius 3 is 1.00 bits per heavy atom. The molecule has 0 aliphatic carbocycles. The maximum Gasteiger partial charge on any atom is 0 e. The van der Waals surface area contributed by atoms with Gasteiger partial charge in [-0.05, 0) is 0 Å². The van der Waals surface area contributed by atoms with Gasteiger partial charge < -0.3 is 13.8 Å². The molecule has 0 saturated heterocycles. The van der Waals surface area contributed by atoms with Crippen molar-refractivity contribution in [3.63, 3.8) is 0 Å². The molecular weight excluding hydrogens is 339 g/mol. The van der Waals surface area contributed by atoms with Crippen molar-refractivity contribution in [3.8, 4) is 0 Å². The second kappa shape index (κ2) is 80.0. The Labute approximate surface area is 41.6 Å². The molecule has 42 valence electrons. The monoisotopic (exact) mass is 353 g/mol. The minimum atomic E-state index is 0. The number of hydrogen-bond acceptors (Lipinski definition) is 0. The van der Waals surface area contributed by atoms with E-state index in [1.165, 1.54) is 0 Å². The largest absolute Gasteiger partial charge is 0.344 e. The van der Waals surface area contributed by atoms with Crippen LogP contribution >= 0.6 is 0 Å². The fraction of sp³-hybridized carbons (Fsp3) is 0.667. The Balaban J connectivity index is -0.0000000400. The van der Waals surface area contributed by atoms with Gasteiger partial charge in [0.25, 0.3) is 0 Å². The first-order chi connectivity index (χ1) is 2.83. The molecule has 0 atom stereocenters. The number of rotatable bonds is 0. The molecule has 0 fully saturated rings. The molecule has 0 N–H and O–H groups in total. The van der Waals surface area contributed by atoms with Gasteiger partial charge in [-0.15, -0.1) is 0 Å². The van der Waals surface area contributed by atoms with Crippen molar-refractivity contribution >= 4 is 0 Å². The van der Waals surface area contributed by atoms with Crippen molar-refractivity contribution in [2.75, 3.05) is 0 Å². The van der Waals surface area contributed by atoms with Crippen molar-refractivity contribution in [2.45, 2.75) is 26.7 Å². The van der Waals surface area contributed by atoms with Crippen molar-refractivity contribution in [1.82, 2.24) is 0 Å². The molecular formula is C6H14Rf-2. The summed E-state index contributed by atoms with van der Waals surface area (Å²) in [6.07, 6.45) is 2.00. The van der Waals surface area contributed by atoms with E-state index in [-0.39, 0.29) is 0 Å². The van der Waals surface area contributed by atoms with Gasteiger partial charge in [-0.2, -0.15) is 12.8 Å². The molecule has 0 aromatic carbocycles. The van der Waals surface area contributed by atoms with Crippen molar-refractivity contribution in [1.29, 1.82) is 0 Å². The molecule has 0 aliphatic heterocycles. The van der Waals surface area contributed by atoms with Crippen LogP contribution in [0, 0.1) is 13.8 Å². The quantitative estimate of drug-likeness (QED) is 0.587. The summed E-state index contributed by atoms with van der Waals surface area (Å²) in [5.41, 5.74) is 0. The summed E-state index contributed by atoms with van der Waals surface area (Å²) in [6.45, 7) is 11.0. The first kappa shape index (κ1) is 16.7. The molecule has 0 aromatic heterocycles. The second-order valence-electron chi connectivity index (χ2n) is 1.000. The molecule has 1 heteroatoms. The summed E-state index contributed by atoms with van der Waals surface area (Å²) in [4.78, 5) is 0. The third-order valence-corrected chi connectivity index (χ3v) is 0. The van der Waals surface area contributed by atoms with E-state index in [1.807, 2.05) is 13.8 Å². The van der Waals surface area contributed by atoms with Gasteiger partial charge in [0.1, 0.15) is 0 Å². The minimum Gasteiger partial charge on any atom is -0.344 e. The van der Waals surface area contributed by atoms with Crippen molar-refractivity contribution in [2.24, 2.45) is 0 Å². The molecule has 7 heavy (non-hydrogen) atoms. The molecule has 0 unspecified atom stereocenters. The van der Waals surface area contributed by atoms with Crippen LogP contribution < -0.4 is 0 Å². The molecule has 0 aromatic rings. The normalized spacial score (nSPS) is 5.14. The van der Waals surface area contributed by atoms with Gasteiger partial charge in [0.2, 0.25) is 0 Å². The summed E-state index contributed by atoms with van der Waals surface area (Å²) in [7, 11) is 0. The van der Waals surface area contributed by atoms with E-state index in [0.29, 0.717) is 0 Å². The molecule has 0 amide bonds. The minimum absolute atomic E-state index is 0. The smallest absolute Gasteiger partial charge is 0 e. The first-order valence-electron chi connectivity index (χ1n) is 2.41. The van der Waals surface area contributed by atoms with Crippen LogP contribution in [0.2, 0.25) is 0 Å². The van der Waals surface area contributed by atoms with E-state index in [2.05, 4.69) is 13.8 Å². The van der Waals surface area contributed by atoms with E-state index >= 15 is 0 Å². The van der Waals surface area contributed by atoms with Crippen molar-refractivity contribution < 1.29 is 0 Å². The third-order valence-electron chi connectivity index (χ3n) is 0. The summed E-state index contributed by atoms with van der Waals surface area (Å²) in [5.74, 6) is 0. The van der Waals surface area contributed by atoms with Crippen LogP contribution in [0.5, 0.6) is 0 Å². The maximum absolute atomic E-state index is 3.49. The van der Waals surface area contributed by atoms with Crippen LogP contribution in [0.3, 0.4) is 0 Å². The van der Waals surface area contributed by atoms with Crippen LogP contribution in [0.4, 0.5) is 0 Å². The summed E-state index contributed by atoms with van der Waals surface area (Å²) >= 11 is 0. The van der Waals surface area contributed by atoms with Gasteiger partial charge in [0.05, 0.1) is 0 Å². The van der Waals surface area contributed by atoms with Gasteiger partial charge in [0, 0.05) is 0 Å². The second-order valence-corrected chi connectivity index (χ2v) is 1.000. The molecule has 0 heterocycles. The average molecular weight is 353 g/mol. The van der Waals surface area contributed by atoms with Crippen molar-refractivity contribution in [3.05, 3.63) is 13.8 Å². The van der Waals surface area contributed by atoms with Gasteiger partial charge in [-0.3, -0.25) is 0 Å². The molecule has 0 saturated carbocycles. The Morgan fingerprint density at radius 1 is 1.00 bits per heavy atom. The van der Waals surface area contributed by atoms with Crippen LogP contribution in [-0.2, 0) is 0 Å². The van der Waals surface area contributed by atoms with Gasteiger partial charge >= 0.3 is 0 Å². The molecule has 0 bridgehead atoms. The molecule has 0 spiro atoms. The molecule has 0 radical (unpaired) electrons. The molecule has 0 aliphatic rings. The summed E-state index contributed by atoms with van der Waals surface area (Å²) in [6, 6.07) is 0. The van der Waals surface area contributed by atoms with Crippen LogP contribution in [0.25, 0.3) is 0 Å². The standard InChI is InChI=1S/2C3H7.Rf/c2*1-3-2;/h2*1,3H2,2H3;/q2*-1;. The van der Waals surface area contributed by atoms with Crippen LogP contribution in [0.15, 0.2) is 0 Å². The van der Waals surface area contributed by atoms with Crippen LogP contribution in [0.1, 0.15) is 26.7 Å². The zero-order chi connectivity index (χ0) is 5.41.